The SMILES string of the molecule is COCCC(=O)Nc1cc(Cl)ncn1. The number of amides is 1. The number of hydrogen-bond acceptors (Lipinski definition) is 4. The number of carbonyl (C=O) groups excluding carboxylic acids is 1. The topological polar surface area (TPSA) is 64.1 Å². The van der Waals surface area contributed by atoms with E-state index in [0.29, 0.717) is 17.6 Å². The molecule has 0 aromatic carbocycles. The van der Waals surface area contributed by atoms with Crippen LogP contribution in [-0.2, 0) is 9.53 Å². The van der Waals surface area contributed by atoms with Gasteiger partial charge in [0.2, 0.25) is 5.91 Å². The number of hydrogen-bond donors (Lipinski definition) is 1. The van der Waals surface area contributed by atoms with Gasteiger partial charge in [0.25, 0.3) is 0 Å². The summed E-state index contributed by atoms with van der Waals surface area (Å²) >= 11 is 5.61. The van der Waals surface area contributed by atoms with Gasteiger partial charge in [-0.25, -0.2) is 9.97 Å². The second-order valence-corrected chi connectivity index (χ2v) is 2.90. The van der Waals surface area contributed by atoms with Gasteiger partial charge in [-0.15, -0.1) is 0 Å². The van der Waals surface area contributed by atoms with E-state index in [0.717, 1.165) is 0 Å². The molecule has 0 aliphatic rings. The summed E-state index contributed by atoms with van der Waals surface area (Å²) in [4.78, 5) is 18.7. The third-order valence-electron chi connectivity index (χ3n) is 1.43. The molecule has 0 radical (unpaired) electrons. The van der Waals surface area contributed by atoms with Gasteiger partial charge < -0.3 is 10.1 Å². The van der Waals surface area contributed by atoms with E-state index in [4.69, 9.17) is 16.3 Å². The van der Waals surface area contributed by atoms with Gasteiger partial charge in [-0.3, -0.25) is 4.79 Å². The van der Waals surface area contributed by atoms with Gasteiger partial charge in [0.15, 0.2) is 0 Å². The molecule has 0 aliphatic heterocycles. The molecule has 14 heavy (non-hydrogen) atoms. The largest absolute Gasteiger partial charge is 0.384 e. The fraction of sp³-hybridized carbons (Fsp3) is 0.375. The van der Waals surface area contributed by atoms with Crippen molar-refractivity contribution in [2.75, 3.05) is 19.0 Å². The molecule has 0 fully saturated rings. The Morgan fingerprint density at radius 1 is 1.64 bits per heavy atom. The van der Waals surface area contributed by atoms with Gasteiger partial charge in [-0.1, -0.05) is 11.6 Å². The van der Waals surface area contributed by atoms with E-state index in [1.165, 1.54) is 19.5 Å². The Balaban J connectivity index is 2.47. The first-order valence-electron chi connectivity index (χ1n) is 3.98. The zero-order chi connectivity index (χ0) is 10.4. The monoisotopic (exact) mass is 215 g/mol. The Kier molecular flexibility index (Phi) is 4.28. The molecule has 0 saturated carbocycles. The van der Waals surface area contributed by atoms with E-state index >= 15 is 0 Å². The molecule has 1 rings (SSSR count). The molecule has 1 aromatic rings. The Morgan fingerprint density at radius 3 is 3.07 bits per heavy atom. The van der Waals surface area contributed by atoms with Crippen molar-refractivity contribution in [3.63, 3.8) is 0 Å². The summed E-state index contributed by atoms with van der Waals surface area (Å²) < 4.78 is 4.75. The molecule has 1 N–H and O–H groups in total. The number of nitrogens with one attached hydrogen (secondary N) is 1. The molecule has 5 nitrogen and oxygen atoms in total. The fourth-order valence-electron chi connectivity index (χ4n) is 0.802. The number of halogens is 1. The first-order chi connectivity index (χ1) is 6.72. The molecule has 1 aromatic heterocycles. The van der Waals surface area contributed by atoms with Gasteiger partial charge in [0, 0.05) is 13.2 Å². The number of aromatic nitrogens is 2. The fourth-order valence-corrected chi connectivity index (χ4v) is 0.949. The Morgan fingerprint density at radius 2 is 2.43 bits per heavy atom. The molecule has 0 unspecified atom stereocenters. The van der Waals surface area contributed by atoms with Crippen LogP contribution in [0.1, 0.15) is 6.42 Å². The van der Waals surface area contributed by atoms with E-state index in [-0.39, 0.29) is 12.3 Å². The van der Waals surface area contributed by atoms with Crippen molar-refractivity contribution < 1.29 is 9.53 Å². The highest BCUT2D eigenvalue weighted by molar-refractivity contribution is 6.29. The second kappa shape index (κ2) is 5.51. The van der Waals surface area contributed by atoms with Crippen LogP contribution < -0.4 is 5.32 Å². The lowest BCUT2D eigenvalue weighted by Gasteiger charge is -2.02. The molecule has 6 heteroatoms. The molecule has 1 heterocycles. The van der Waals surface area contributed by atoms with Crippen LogP contribution in [0.4, 0.5) is 5.82 Å². The molecular formula is C8H10ClN3O2. The van der Waals surface area contributed by atoms with Crippen LogP contribution in [0.5, 0.6) is 0 Å². The Labute approximate surface area is 86.5 Å². The molecule has 0 saturated heterocycles. The van der Waals surface area contributed by atoms with Crippen molar-refractivity contribution in [3.05, 3.63) is 17.5 Å². The molecular weight excluding hydrogens is 206 g/mol. The van der Waals surface area contributed by atoms with Crippen molar-refractivity contribution in [2.24, 2.45) is 0 Å². The quantitative estimate of drug-likeness (QED) is 0.765. The molecule has 76 valence electrons. The second-order valence-electron chi connectivity index (χ2n) is 2.52. The zero-order valence-corrected chi connectivity index (χ0v) is 8.41. The van der Waals surface area contributed by atoms with Crippen LogP contribution in [0.15, 0.2) is 12.4 Å². The highest BCUT2D eigenvalue weighted by Gasteiger charge is 2.02. The van der Waals surface area contributed by atoms with Crippen molar-refractivity contribution >= 4 is 23.3 Å². The van der Waals surface area contributed by atoms with Crippen LogP contribution in [-0.4, -0.2) is 29.6 Å². The third-order valence-corrected chi connectivity index (χ3v) is 1.64. The lowest BCUT2D eigenvalue weighted by Crippen LogP contribution is -2.14. The van der Waals surface area contributed by atoms with Gasteiger partial charge in [0.1, 0.15) is 17.3 Å². The summed E-state index contributed by atoms with van der Waals surface area (Å²) in [7, 11) is 1.54. The summed E-state index contributed by atoms with van der Waals surface area (Å²) in [5, 5.41) is 2.86. The predicted molar refractivity (Wildman–Crippen MR) is 52.2 cm³/mol. The standard InChI is InChI=1S/C8H10ClN3O2/c1-14-3-2-8(13)12-7-4-6(9)10-5-11-7/h4-5H,2-3H2,1H3,(H,10,11,12,13). The lowest BCUT2D eigenvalue weighted by atomic mass is 10.4. The van der Waals surface area contributed by atoms with E-state index in [2.05, 4.69) is 15.3 Å². The van der Waals surface area contributed by atoms with E-state index in [1.807, 2.05) is 0 Å². The van der Waals surface area contributed by atoms with Gasteiger partial charge in [-0.2, -0.15) is 0 Å². The van der Waals surface area contributed by atoms with Crippen molar-refractivity contribution in [3.8, 4) is 0 Å². The molecule has 0 aliphatic carbocycles. The lowest BCUT2D eigenvalue weighted by molar-refractivity contribution is -0.117. The summed E-state index contributed by atoms with van der Waals surface area (Å²) in [6.45, 7) is 0.380. The maximum absolute atomic E-state index is 11.2. The van der Waals surface area contributed by atoms with Gasteiger partial charge >= 0.3 is 0 Å². The smallest absolute Gasteiger partial charge is 0.227 e. The molecule has 0 spiro atoms. The first kappa shape index (κ1) is 10.9. The number of rotatable bonds is 4. The molecule has 0 atom stereocenters. The minimum atomic E-state index is -0.165. The predicted octanol–water partition coefficient (Wildman–Crippen LogP) is 1.10. The molecule has 1 amide bonds. The summed E-state index contributed by atoms with van der Waals surface area (Å²) in [5.41, 5.74) is 0. The van der Waals surface area contributed by atoms with Crippen LogP contribution in [0.25, 0.3) is 0 Å². The molecule has 0 bridgehead atoms. The van der Waals surface area contributed by atoms with Crippen LogP contribution in [0.2, 0.25) is 5.15 Å². The van der Waals surface area contributed by atoms with E-state index in [9.17, 15) is 4.79 Å². The van der Waals surface area contributed by atoms with Crippen LogP contribution in [0, 0.1) is 0 Å². The van der Waals surface area contributed by atoms with Crippen LogP contribution >= 0.6 is 11.6 Å². The van der Waals surface area contributed by atoms with Gasteiger partial charge in [-0.05, 0) is 0 Å². The summed E-state index contributed by atoms with van der Waals surface area (Å²) in [5.74, 6) is 0.229. The maximum Gasteiger partial charge on any atom is 0.227 e. The average Bonchev–Trinajstić information content (AvgIpc) is 2.15. The average molecular weight is 216 g/mol. The van der Waals surface area contributed by atoms with Gasteiger partial charge in [0.05, 0.1) is 13.0 Å². The highest BCUT2D eigenvalue weighted by Crippen LogP contribution is 2.08. The van der Waals surface area contributed by atoms with E-state index in [1.54, 1.807) is 0 Å². The van der Waals surface area contributed by atoms with Crippen molar-refractivity contribution in [2.45, 2.75) is 6.42 Å². The minimum absolute atomic E-state index is 0.165. The van der Waals surface area contributed by atoms with Crippen molar-refractivity contribution in [1.82, 2.24) is 9.97 Å². The number of anilines is 1. The normalized spacial score (nSPS) is 9.86. The first-order valence-corrected chi connectivity index (χ1v) is 4.36. The van der Waals surface area contributed by atoms with Crippen LogP contribution in [0.3, 0.4) is 0 Å². The minimum Gasteiger partial charge on any atom is -0.384 e. The number of nitrogens with zero attached hydrogens (tertiary/aromatic N) is 2. The highest BCUT2D eigenvalue weighted by atomic mass is 35.5. The maximum atomic E-state index is 11.2. The number of ether oxygens (including phenoxy) is 1. The van der Waals surface area contributed by atoms with E-state index < -0.39 is 0 Å². The van der Waals surface area contributed by atoms with Crippen molar-refractivity contribution in [1.29, 1.82) is 0 Å². The Hall–Kier alpha value is -1.20. The summed E-state index contributed by atoms with van der Waals surface area (Å²) in [6, 6.07) is 1.48. The number of carbonyl (C=O) groups is 1. The zero-order valence-electron chi connectivity index (χ0n) is 7.66. The number of methoxy groups -OCH3 is 1. The Bertz CT molecular complexity index is 319. The summed E-state index contributed by atoms with van der Waals surface area (Å²) in [6.07, 6.45) is 1.58. The third kappa shape index (κ3) is 3.68.